The number of aryl methyl sites for hydroxylation is 1. The summed E-state index contributed by atoms with van der Waals surface area (Å²) in [6.45, 7) is 2.83. The summed E-state index contributed by atoms with van der Waals surface area (Å²) in [6.07, 6.45) is 9.04. The molecule has 0 radical (unpaired) electrons. The molecular weight excluding hydrogens is 348 g/mol. The molecule has 2 aliphatic rings. The molecule has 4 nitrogen and oxygen atoms in total. The number of carbonyl (C=O) groups excluding carboxylic acids is 1. The van der Waals surface area contributed by atoms with Crippen molar-refractivity contribution in [1.82, 2.24) is 10.2 Å². The number of halogens is 1. The molecule has 0 bridgehead atoms. The number of piperidine rings is 1. The van der Waals surface area contributed by atoms with Gasteiger partial charge in [0.2, 0.25) is 5.91 Å². The second-order valence-electron chi connectivity index (χ2n) is 7.58. The van der Waals surface area contributed by atoms with Crippen LogP contribution in [0.2, 0.25) is 0 Å². The predicted octanol–water partition coefficient (Wildman–Crippen LogP) is 3.82. The fourth-order valence-electron chi connectivity index (χ4n) is 4.13. The van der Waals surface area contributed by atoms with Crippen molar-refractivity contribution in [3.63, 3.8) is 0 Å². The van der Waals surface area contributed by atoms with E-state index in [-0.39, 0.29) is 12.4 Å². The van der Waals surface area contributed by atoms with Crippen LogP contribution in [-0.4, -0.2) is 43.6 Å². The van der Waals surface area contributed by atoms with Gasteiger partial charge in [0.25, 0.3) is 0 Å². The van der Waals surface area contributed by atoms with Gasteiger partial charge in [0.1, 0.15) is 5.75 Å². The number of hydrogen-bond donors (Lipinski definition) is 1. The first-order valence-electron chi connectivity index (χ1n) is 9.92. The lowest BCUT2D eigenvalue weighted by atomic mass is 9.97. The molecule has 5 heteroatoms. The predicted molar refractivity (Wildman–Crippen MR) is 108 cm³/mol. The van der Waals surface area contributed by atoms with Crippen molar-refractivity contribution in [1.29, 1.82) is 0 Å². The maximum absolute atomic E-state index is 12.6. The highest BCUT2D eigenvalue weighted by Gasteiger charge is 2.23. The van der Waals surface area contributed by atoms with E-state index in [9.17, 15) is 4.79 Å². The van der Waals surface area contributed by atoms with E-state index in [1.165, 1.54) is 37.7 Å². The number of benzene rings is 1. The SMILES string of the molecule is CNCC1CCCN(C(=O)CCc2cccc(OC3CCCC3)c2)C1.Cl. The molecule has 0 aromatic heterocycles. The van der Waals surface area contributed by atoms with Crippen LogP contribution in [0, 0.1) is 5.92 Å². The van der Waals surface area contributed by atoms with Crippen molar-refractivity contribution < 1.29 is 9.53 Å². The van der Waals surface area contributed by atoms with Gasteiger partial charge in [0.15, 0.2) is 0 Å². The van der Waals surface area contributed by atoms with Crippen LogP contribution in [0.4, 0.5) is 0 Å². The Morgan fingerprint density at radius 2 is 2.04 bits per heavy atom. The van der Waals surface area contributed by atoms with Gasteiger partial charge >= 0.3 is 0 Å². The van der Waals surface area contributed by atoms with Crippen molar-refractivity contribution in [3.8, 4) is 5.75 Å². The zero-order valence-electron chi connectivity index (χ0n) is 15.9. The summed E-state index contributed by atoms with van der Waals surface area (Å²) >= 11 is 0. The molecule has 3 rings (SSSR count). The van der Waals surface area contributed by atoms with Gasteiger partial charge in [-0.05, 0) is 82.2 Å². The smallest absolute Gasteiger partial charge is 0.222 e. The molecular formula is C21H33ClN2O2. The van der Waals surface area contributed by atoms with Crippen LogP contribution in [0.3, 0.4) is 0 Å². The summed E-state index contributed by atoms with van der Waals surface area (Å²) in [5.74, 6) is 1.86. The number of nitrogens with one attached hydrogen (secondary N) is 1. The molecule has 0 spiro atoms. The molecule has 2 fully saturated rings. The first kappa shape index (κ1) is 21.0. The van der Waals surface area contributed by atoms with Gasteiger partial charge in [-0.15, -0.1) is 12.4 Å². The fraction of sp³-hybridized carbons (Fsp3) is 0.667. The van der Waals surface area contributed by atoms with E-state index in [2.05, 4.69) is 22.3 Å². The van der Waals surface area contributed by atoms with Crippen LogP contribution in [0.1, 0.15) is 50.5 Å². The van der Waals surface area contributed by atoms with E-state index < -0.39 is 0 Å². The summed E-state index contributed by atoms with van der Waals surface area (Å²) in [6, 6.07) is 8.31. The van der Waals surface area contributed by atoms with E-state index in [0.29, 0.717) is 24.3 Å². The van der Waals surface area contributed by atoms with Gasteiger partial charge in [-0.1, -0.05) is 12.1 Å². The standard InChI is InChI=1S/C21H32N2O2.ClH/c1-22-15-18-7-5-13-23(16-18)21(24)12-11-17-6-4-10-20(14-17)25-19-8-2-3-9-19;/h4,6,10,14,18-19,22H,2-3,5,7-9,11-13,15-16H2,1H3;1H. The van der Waals surface area contributed by atoms with E-state index in [1.54, 1.807) is 0 Å². The van der Waals surface area contributed by atoms with Crippen LogP contribution < -0.4 is 10.1 Å². The third-order valence-electron chi connectivity index (χ3n) is 5.50. The number of amides is 1. The van der Waals surface area contributed by atoms with Crippen molar-refractivity contribution in [2.45, 2.75) is 57.5 Å². The lowest BCUT2D eigenvalue weighted by molar-refractivity contribution is -0.132. The van der Waals surface area contributed by atoms with E-state index in [1.807, 2.05) is 19.2 Å². The molecule has 1 aromatic rings. The highest BCUT2D eigenvalue weighted by Crippen LogP contribution is 2.25. The van der Waals surface area contributed by atoms with Crippen LogP contribution in [0.25, 0.3) is 0 Å². The van der Waals surface area contributed by atoms with E-state index >= 15 is 0 Å². The fourth-order valence-corrected chi connectivity index (χ4v) is 4.13. The Balaban J connectivity index is 0.00000243. The molecule has 1 saturated heterocycles. The Morgan fingerprint density at radius 1 is 1.23 bits per heavy atom. The Bertz CT molecular complexity index is 559. The Kier molecular flexibility index (Phi) is 8.73. The lowest BCUT2D eigenvalue weighted by Crippen LogP contribution is -2.42. The number of likely N-dealkylation sites (tertiary alicyclic amines) is 1. The average molecular weight is 381 g/mol. The Morgan fingerprint density at radius 3 is 2.81 bits per heavy atom. The monoisotopic (exact) mass is 380 g/mol. The third-order valence-corrected chi connectivity index (χ3v) is 5.50. The molecule has 1 saturated carbocycles. The van der Waals surface area contributed by atoms with Crippen molar-refractivity contribution in [2.24, 2.45) is 5.92 Å². The summed E-state index contributed by atoms with van der Waals surface area (Å²) in [5, 5.41) is 3.24. The van der Waals surface area contributed by atoms with Crippen LogP contribution in [-0.2, 0) is 11.2 Å². The maximum Gasteiger partial charge on any atom is 0.222 e. The first-order valence-corrected chi connectivity index (χ1v) is 9.92. The maximum atomic E-state index is 12.6. The Labute approximate surface area is 164 Å². The highest BCUT2D eigenvalue weighted by molar-refractivity contribution is 5.85. The van der Waals surface area contributed by atoms with Crippen LogP contribution >= 0.6 is 12.4 Å². The minimum Gasteiger partial charge on any atom is -0.490 e. The second kappa shape index (κ2) is 10.8. The third kappa shape index (κ3) is 6.17. The molecule has 146 valence electrons. The van der Waals surface area contributed by atoms with Crippen LogP contribution in [0.5, 0.6) is 5.75 Å². The summed E-state index contributed by atoms with van der Waals surface area (Å²) < 4.78 is 6.08. The summed E-state index contributed by atoms with van der Waals surface area (Å²) in [4.78, 5) is 14.6. The molecule has 1 unspecified atom stereocenters. The zero-order valence-corrected chi connectivity index (χ0v) is 16.7. The zero-order chi connectivity index (χ0) is 17.5. The number of ether oxygens (including phenoxy) is 1. The Hall–Kier alpha value is -1.26. The van der Waals surface area contributed by atoms with Gasteiger partial charge in [-0.2, -0.15) is 0 Å². The van der Waals surface area contributed by atoms with Crippen molar-refractivity contribution in [3.05, 3.63) is 29.8 Å². The summed E-state index contributed by atoms with van der Waals surface area (Å²) in [7, 11) is 1.99. The topological polar surface area (TPSA) is 41.6 Å². The van der Waals surface area contributed by atoms with Gasteiger partial charge in [-0.3, -0.25) is 4.79 Å². The largest absolute Gasteiger partial charge is 0.490 e. The first-order chi connectivity index (χ1) is 12.2. The van der Waals surface area contributed by atoms with E-state index in [0.717, 1.165) is 38.2 Å². The van der Waals surface area contributed by atoms with Gasteiger partial charge in [0.05, 0.1) is 6.10 Å². The van der Waals surface area contributed by atoms with Gasteiger partial charge in [0, 0.05) is 19.5 Å². The normalized spacial score (nSPS) is 20.7. The van der Waals surface area contributed by atoms with Gasteiger partial charge < -0.3 is 15.0 Å². The molecule has 1 amide bonds. The van der Waals surface area contributed by atoms with E-state index in [4.69, 9.17) is 4.74 Å². The molecule has 1 heterocycles. The van der Waals surface area contributed by atoms with Gasteiger partial charge in [-0.25, -0.2) is 0 Å². The molecule has 1 aromatic carbocycles. The van der Waals surface area contributed by atoms with Crippen molar-refractivity contribution >= 4 is 18.3 Å². The average Bonchev–Trinajstić information content (AvgIpc) is 3.13. The summed E-state index contributed by atoms with van der Waals surface area (Å²) in [5.41, 5.74) is 1.20. The lowest BCUT2D eigenvalue weighted by Gasteiger charge is -2.32. The minimum atomic E-state index is 0. The van der Waals surface area contributed by atoms with Crippen LogP contribution in [0.15, 0.2) is 24.3 Å². The number of nitrogens with zero attached hydrogens (tertiary/aromatic N) is 1. The van der Waals surface area contributed by atoms with Crippen molar-refractivity contribution in [2.75, 3.05) is 26.7 Å². The second-order valence-corrected chi connectivity index (χ2v) is 7.58. The number of carbonyl (C=O) groups is 1. The number of hydrogen-bond acceptors (Lipinski definition) is 3. The molecule has 1 atom stereocenters. The highest BCUT2D eigenvalue weighted by atomic mass is 35.5. The minimum absolute atomic E-state index is 0. The molecule has 26 heavy (non-hydrogen) atoms. The molecule has 1 N–H and O–H groups in total. The molecule has 1 aliphatic carbocycles. The number of rotatable bonds is 7. The quantitative estimate of drug-likeness (QED) is 0.781. The molecule has 1 aliphatic heterocycles.